The summed E-state index contributed by atoms with van der Waals surface area (Å²) in [6.07, 6.45) is 2.50. The molecule has 112 valence electrons. The lowest BCUT2D eigenvalue weighted by Crippen LogP contribution is -2.40. The van der Waals surface area contributed by atoms with E-state index in [2.05, 4.69) is 67.3 Å². The molecule has 0 aliphatic carbocycles. The molecule has 1 aliphatic rings. The summed E-state index contributed by atoms with van der Waals surface area (Å²) < 4.78 is 0. The van der Waals surface area contributed by atoms with E-state index in [1.165, 1.54) is 43.9 Å². The number of piperidine rings is 1. The SMILES string of the molecule is CC(C)CN1CCC(Nc2ccc(N(C)C)cc2)CC1. The fourth-order valence-corrected chi connectivity index (χ4v) is 2.87. The summed E-state index contributed by atoms with van der Waals surface area (Å²) in [5.41, 5.74) is 2.50. The molecule has 0 unspecified atom stereocenters. The van der Waals surface area contributed by atoms with Gasteiger partial charge >= 0.3 is 0 Å². The summed E-state index contributed by atoms with van der Waals surface area (Å²) in [4.78, 5) is 4.73. The minimum Gasteiger partial charge on any atom is -0.382 e. The summed E-state index contributed by atoms with van der Waals surface area (Å²) >= 11 is 0. The number of benzene rings is 1. The first-order chi connectivity index (χ1) is 9.54. The number of rotatable bonds is 5. The molecule has 0 saturated carbocycles. The lowest BCUT2D eigenvalue weighted by atomic mass is 10.0. The lowest BCUT2D eigenvalue weighted by molar-refractivity contribution is 0.198. The van der Waals surface area contributed by atoms with Crippen LogP contribution in [0.2, 0.25) is 0 Å². The van der Waals surface area contributed by atoms with Gasteiger partial charge < -0.3 is 15.1 Å². The molecule has 1 aromatic carbocycles. The van der Waals surface area contributed by atoms with Crippen molar-refractivity contribution in [2.45, 2.75) is 32.7 Å². The number of nitrogens with one attached hydrogen (secondary N) is 1. The maximum Gasteiger partial charge on any atom is 0.0362 e. The Morgan fingerprint density at radius 3 is 2.25 bits per heavy atom. The molecule has 1 saturated heterocycles. The number of hydrogen-bond acceptors (Lipinski definition) is 3. The van der Waals surface area contributed by atoms with Crippen molar-refractivity contribution in [2.75, 3.05) is 43.9 Å². The summed E-state index contributed by atoms with van der Waals surface area (Å²) in [5.74, 6) is 0.776. The van der Waals surface area contributed by atoms with Gasteiger partial charge in [0.2, 0.25) is 0 Å². The second-order valence-corrected chi connectivity index (χ2v) is 6.55. The first-order valence-electron chi connectivity index (χ1n) is 7.81. The van der Waals surface area contributed by atoms with Crippen LogP contribution in [0.5, 0.6) is 0 Å². The van der Waals surface area contributed by atoms with Crippen molar-refractivity contribution >= 4 is 11.4 Å². The zero-order valence-corrected chi connectivity index (χ0v) is 13.4. The van der Waals surface area contributed by atoms with Crippen LogP contribution < -0.4 is 10.2 Å². The van der Waals surface area contributed by atoms with Crippen LogP contribution in [0, 0.1) is 5.92 Å². The molecular weight excluding hydrogens is 246 g/mol. The predicted molar refractivity (Wildman–Crippen MR) is 88.7 cm³/mol. The van der Waals surface area contributed by atoms with Gasteiger partial charge in [0.1, 0.15) is 0 Å². The molecule has 3 nitrogen and oxygen atoms in total. The van der Waals surface area contributed by atoms with Gasteiger partial charge in [-0.3, -0.25) is 0 Å². The Bertz CT molecular complexity index is 389. The molecule has 1 aromatic rings. The monoisotopic (exact) mass is 275 g/mol. The second kappa shape index (κ2) is 6.98. The summed E-state index contributed by atoms with van der Waals surface area (Å²) in [6, 6.07) is 9.36. The van der Waals surface area contributed by atoms with Gasteiger partial charge in [-0.1, -0.05) is 13.8 Å². The maximum atomic E-state index is 3.68. The summed E-state index contributed by atoms with van der Waals surface area (Å²) in [6.45, 7) is 8.30. The third-order valence-electron chi connectivity index (χ3n) is 3.97. The van der Waals surface area contributed by atoms with Gasteiger partial charge in [-0.15, -0.1) is 0 Å². The van der Waals surface area contributed by atoms with Gasteiger partial charge in [0.05, 0.1) is 0 Å². The first kappa shape index (κ1) is 15.2. The molecule has 20 heavy (non-hydrogen) atoms. The van der Waals surface area contributed by atoms with E-state index in [4.69, 9.17) is 0 Å². The van der Waals surface area contributed by atoms with E-state index in [9.17, 15) is 0 Å². The number of likely N-dealkylation sites (tertiary alicyclic amines) is 1. The zero-order chi connectivity index (χ0) is 14.5. The van der Waals surface area contributed by atoms with E-state index in [0.29, 0.717) is 6.04 Å². The molecule has 1 heterocycles. The summed E-state index contributed by atoms with van der Waals surface area (Å²) in [7, 11) is 4.15. The van der Waals surface area contributed by atoms with Gasteiger partial charge in [-0.05, 0) is 43.0 Å². The van der Waals surface area contributed by atoms with E-state index in [-0.39, 0.29) is 0 Å². The fourth-order valence-electron chi connectivity index (χ4n) is 2.87. The molecule has 1 fully saturated rings. The van der Waals surface area contributed by atoms with E-state index in [1.54, 1.807) is 0 Å². The van der Waals surface area contributed by atoms with Crippen LogP contribution >= 0.6 is 0 Å². The van der Waals surface area contributed by atoms with E-state index >= 15 is 0 Å². The fraction of sp³-hybridized carbons (Fsp3) is 0.647. The van der Waals surface area contributed by atoms with Crippen LogP contribution in [0.4, 0.5) is 11.4 Å². The van der Waals surface area contributed by atoms with E-state index < -0.39 is 0 Å². The van der Waals surface area contributed by atoms with E-state index in [1.807, 2.05) is 0 Å². The van der Waals surface area contributed by atoms with E-state index in [0.717, 1.165) is 5.92 Å². The molecule has 0 aromatic heterocycles. The quantitative estimate of drug-likeness (QED) is 0.889. The maximum absolute atomic E-state index is 3.68. The Morgan fingerprint density at radius 1 is 1.15 bits per heavy atom. The van der Waals surface area contributed by atoms with Crippen molar-refractivity contribution in [3.05, 3.63) is 24.3 Å². The lowest BCUT2D eigenvalue weighted by Gasteiger charge is -2.33. The Morgan fingerprint density at radius 2 is 1.75 bits per heavy atom. The molecule has 0 atom stereocenters. The highest BCUT2D eigenvalue weighted by atomic mass is 15.1. The van der Waals surface area contributed by atoms with Gasteiger partial charge in [0, 0.05) is 51.1 Å². The van der Waals surface area contributed by atoms with Crippen molar-refractivity contribution in [3.63, 3.8) is 0 Å². The standard InChI is InChI=1S/C17H29N3/c1-14(2)13-20-11-9-16(10-12-20)18-15-5-7-17(8-6-15)19(3)4/h5-8,14,16,18H,9-13H2,1-4H3. The largest absolute Gasteiger partial charge is 0.382 e. The predicted octanol–water partition coefficient (Wildman–Crippen LogP) is 3.28. The summed E-state index contributed by atoms with van der Waals surface area (Å²) in [5, 5.41) is 3.68. The topological polar surface area (TPSA) is 18.5 Å². The molecule has 3 heteroatoms. The minimum atomic E-state index is 0.628. The van der Waals surface area contributed by atoms with Crippen molar-refractivity contribution in [2.24, 2.45) is 5.92 Å². The normalized spacial score (nSPS) is 17.4. The smallest absolute Gasteiger partial charge is 0.0362 e. The van der Waals surface area contributed by atoms with Gasteiger partial charge in [-0.25, -0.2) is 0 Å². The highest BCUT2D eigenvalue weighted by Crippen LogP contribution is 2.20. The minimum absolute atomic E-state index is 0.628. The first-order valence-corrected chi connectivity index (χ1v) is 7.81. The van der Waals surface area contributed by atoms with Crippen LogP contribution in [-0.4, -0.2) is 44.7 Å². The van der Waals surface area contributed by atoms with Gasteiger partial charge in [-0.2, -0.15) is 0 Å². The third-order valence-corrected chi connectivity index (χ3v) is 3.97. The van der Waals surface area contributed by atoms with Crippen molar-refractivity contribution in [3.8, 4) is 0 Å². The molecule has 2 rings (SSSR count). The van der Waals surface area contributed by atoms with Crippen LogP contribution in [0.3, 0.4) is 0 Å². The molecule has 0 bridgehead atoms. The molecule has 1 N–H and O–H groups in total. The van der Waals surface area contributed by atoms with Crippen molar-refractivity contribution in [1.29, 1.82) is 0 Å². The Kier molecular flexibility index (Phi) is 5.30. The average molecular weight is 275 g/mol. The molecule has 0 radical (unpaired) electrons. The zero-order valence-electron chi connectivity index (χ0n) is 13.4. The molecule has 0 amide bonds. The van der Waals surface area contributed by atoms with Crippen LogP contribution in [-0.2, 0) is 0 Å². The average Bonchev–Trinajstić information content (AvgIpc) is 2.41. The third kappa shape index (κ3) is 4.41. The van der Waals surface area contributed by atoms with Crippen LogP contribution in [0.1, 0.15) is 26.7 Å². The highest BCUT2D eigenvalue weighted by Gasteiger charge is 2.19. The number of anilines is 2. The van der Waals surface area contributed by atoms with Crippen molar-refractivity contribution < 1.29 is 0 Å². The number of hydrogen-bond donors (Lipinski definition) is 1. The van der Waals surface area contributed by atoms with Crippen LogP contribution in [0.15, 0.2) is 24.3 Å². The highest BCUT2D eigenvalue weighted by molar-refractivity contribution is 5.54. The Labute approximate surface area is 124 Å². The van der Waals surface area contributed by atoms with Crippen molar-refractivity contribution in [1.82, 2.24) is 4.90 Å². The Hall–Kier alpha value is -1.22. The van der Waals surface area contributed by atoms with Crippen LogP contribution in [0.25, 0.3) is 0 Å². The van der Waals surface area contributed by atoms with Gasteiger partial charge in [0.15, 0.2) is 0 Å². The molecule has 0 spiro atoms. The molecular formula is C17H29N3. The van der Waals surface area contributed by atoms with Gasteiger partial charge in [0.25, 0.3) is 0 Å². The second-order valence-electron chi connectivity index (χ2n) is 6.55. The molecule has 1 aliphatic heterocycles. The number of nitrogens with zero attached hydrogens (tertiary/aromatic N) is 2. The Balaban J connectivity index is 1.80.